The first kappa shape index (κ1) is 17.4. The van der Waals surface area contributed by atoms with Crippen LogP contribution in [0.5, 0.6) is 0 Å². The number of amides is 1. The second kappa shape index (κ2) is 8.04. The molecule has 1 saturated carbocycles. The first-order valence-corrected chi connectivity index (χ1v) is 7.82. The van der Waals surface area contributed by atoms with E-state index in [4.69, 9.17) is 4.74 Å². The summed E-state index contributed by atoms with van der Waals surface area (Å²) in [6.45, 7) is 0. The molecule has 1 aliphatic rings. The molecule has 0 aliphatic heterocycles. The molecule has 1 aliphatic carbocycles. The zero-order valence-corrected chi connectivity index (χ0v) is 13.1. The van der Waals surface area contributed by atoms with Crippen molar-refractivity contribution < 1.29 is 23.1 Å². The summed E-state index contributed by atoms with van der Waals surface area (Å²) in [6, 6.07) is 2.36. The Labute approximate surface area is 134 Å². The van der Waals surface area contributed by atoms with E-state index in [1.54, 1.807) is 0 Å². The third kappa shape index (κ3) is 4.74. The van der Waals surface area contributed by atoms with Crippen molar-refractivity contribution in [3.05, 3.63) is 35.4 Å². The molecule has 1 atom stereocenters. The number of esters is 1. The number of hydrogen-bond donors (Lipinski definition) is 1. The maximum atomic E-state index is 13.6. The van der Waals surface area contributed by atoms with Crippen LogP contribution in [0.25, 0.3) is 0 Å². The van der Waals surface area contributed by atoms with E-state index >= 15 is 0 Å². The molecule has 1 aromatic rings. The van der Waals surface area contributed by atoms with Gasteiger partial charge in [0.2, 0.25) is 5.91 Å². The van der Waals surface area contributed by atoms with Gasteiger partial charge in [0.15, 0.2) is 0 Å². The summed E-state index contributed by atoms with van der Waals surface area (Å²) in [5, 5.41) is 2.65. The minimum Gasteiger partial charge on any atom is -0.467 e. The van der Waals surface area contributed by atoms with Gasteiger partial charge in [0.05, 0.1) is 13.5 Å². The number of carbonyl (C=O) groups is 2. The summed E-state index contributed by atoms with van der Waals surface area (Å²) in [6.07, 6.45) is 4.61. The topological polar surface area (TPSA) is 55.4 Å². The number of benzene rings is 1. The second-order valence-corrected chi connectivity index (χ2v) is 5.88. The van der Waals surface area contributed by atoms with Crippen LogP contribution in [0.3, 0.4) is 0 Å². The average Bonchev–Trinajstić information content (AvgIpc) is 2.55. The number of ether oxygens (including phenoxy) is 1. The average molecular weight is 325 g/mol. The maximum absolute atomic E-state index is 13.6. The van der Waals surface area contributed by atoms with Gasteiger partial charge in [-0.15, -0.1) is 0 Å². The molecule has 4 nitrogen and oxygen atoms in total. The second-order valence-electron chi connectivity index (χ2n) is 5.88. The molecule has 0 bridgehead atoms. The predicted molar refractivity (Wildman–Crippen MR) is 80.6 cm³/mol. The summed E-state index contributed by atoms with van der Waals surface area (Å²) in [5.41, 5.74) is 0.0937. The van der Waals surface area contributed by atoms with Gasteiger partial charge >= 0.3 is 5.97 Å². The number of halogens is 2. The maximum Gasteiger partial charge on any atom is 0.328 e. The Balaban J connectivity index is 2.03. The largest absolute Gasteiger partial charge is 0.467 e. The molecule has 0 spiro atoms. The van der Waals surface area contributed by atoms with Crippen LogP contribution in [-0.4, -0.2) is 25.0 Å². The van der Waals surface area contributed by atoms with Crippen molar-refractivity contribution in [3.8, 4) is 0 Å². The van der Waals surface area contributed by atoms with Crippen LogP contribution < -0.4 is 5.32 Å². The summed E-state index contributed by atoms with van der Waals surface area (Å²) < 4.78 is 31.3. The summed E-state index contributed by atoms with van der Waals surface area (Å²) >= 11 is 0. The SMILES string of the molecule is COC(=O)[C@@H](NC(=O)Cc1ccc(F)cc1F)C1CCCCC1. The Kier molecular flexibility index (Phi) is 6.07. The van der Waals surface area contributed by atoms with E-state index in [0.717, 1.165) is 44.2 Å². The van der Waals surface area contributed by atoms with Crippen LogP contribution in [0.1, 0.15) is 37.7 Å². The molecule has 0 aromatic heterocycles. The van der Waals surface area contributed by atoms with E-state index in [9.17, 15) is 18.4 Å². The lowest BCUT2D eigenvalue weighted by Crippen LogP contribution is -2.47. The highest BCUT2D eigenvalue weighted by molar-refractivity contribution is 5.85. The predicted octanol–water partition coefficient (Wildman–Crippen LogP) is 2.75. The molecule has 1 N–H and O–H groups in total. The van der Waals surface area contributed by atoms with Gasteiger partial charge < -0.3 is 10.1 Å². The first-order valence-electron chi connectivity index (χ1n) is 7.82. The smallest absolute Gasteiger partial charge is 0.328 e. The van der Waals surface area contributed by atoms with Crippen molar-refractivity contribution >= 4 is 11.9 Å². The van der Waals surface area contributed by atoms with E-state index in [1.165, 1.54) is 13.2 Å². The molecule has 126 valence electrons. The van der Waals surface area contributed by atoms with Crippen LogP contribution in [-0.2, 0) is 20.7 Å². The van der Waals surface area contributed by atoms with Crippen molar-refractivity contribution in [2.75, 3.05) is 7.11 Å². The fourth-order valence-electron chi connectivity index (χ4n) is 3.03. The Bertz CT molecular complexity index is 571. The molecule has 0 unspecified atom stereocenters. The van der Waals surface area contributed by atoms with E-state index in [2.05, 4.69) is 5.32 Å². The van der Waals surface area contributed by atoms with Crippen LogP contribution in [0.2, 0.25) is 0 Å². The van der Waals surface area contributed by atoms with Crippen LogP contribution in [0.15, 0.2) is 18.2 Å². The van der Waals surface area contributed by atoms with E-state index < -0.39 is 29.6 Å². The molecule has 2 rings (SSSR count). The number of carbonyl (C=O) groups excluding carboxylic acids is 2. The van der Waals surface area contributed by atoms with Crippen LogP contribution >= 0.6 is 0 Å². The Morgan fingerprint density at radius 1 is 1.26 bits per heavy atom. The molecule has 1 fully saturated rings. The van der Waals surface area contributed by atoms with Crippen molar-refractivity contribution in [2.45, 2.75) is 44.6 Å². The van der Waals surface area contributed by atoms with Crippen molar-refractivity contribution in [3.63, 3.8) is 0 Å². The van der Waals surface area contributed by atoms with Gasteiger partial charge in [0.1, 0.15) is 17.7 Å². The highest BCUT2D eigenvalue weighted by atomic mass is 19.1. The van der Waals surface area contributed by atoms with Crippen molar-refractivity contribution in [1.82, 2.24) is 5.32 Å². The van der Waals surface area contributed by atoms with E-state index in [0.29, 0.717) is 0 Å². The third-order valence-corrected chi connectivity index (χ3v) is 4.26. The molecular formula is C17H21F2NO3. The summed E-state index contributed by atoms with van der Waals surface area (Å²) in [7, 11) is 1.28. The Morgan fingerprint density at radius 3 is 2.57 bits per heavy atom. The molecule has 1 amide bonds. The first-order chi connectivity index (χ1) is 11.0. The van der Waals surface area contributed by atoms with Crippen LogP contribution in [0, 0.1) is 17.6 Å². The molecule has 0 radical (unpaired) electrons. The fraction of sp³-hybridized carbons (Fsp3) is 0.529. The van der Waals surface area contributed by atoms with Gasteiger partial charge in [-0.05, 0) is 30.4 Å². The van der Waals surface area contributed by atoms with Crippen LogP contribution in [0.4, 0.5) is 8.78 Å². The van der Waals surface area contributed by atoms with Crippen molar-refractivity contribution in [1.29, 1.82) is 0 Å². The zero-order valence-electron chi connectivity index (χ0n) is 13.1. The normalized spacial score (nSPS) is 16.7. The summed E-state index contributed by atoms with van der Waals surface area (Å²) in [5.74, 6) is -2.38. The van der Waals surface area contributed by atoms with Gasteiger partial charge in [-0.3, -0.25) is 4.79 Å². The fourth-order valence-corrected chi connectivity index (χ4v) is 3.03. The van der Waals surface area contributed by atoms with Gasteiger partial charge in [0, 0.05) is 6.07 Å². The molecule has 0 heterocycles. The lowest BCUT2D eigenvalue weighted by atomic mass is 9.83. The lowest BCUT2D eigenvalue weighted by molar-refractivity contribution is -0.147. The lowest BCUT2D eigenvalue weighted by Gasteiger charge is -2.29. The Morgan fingerprint density at radius 2 is 1.96 bits per heavy atom. The standard InChI is InChI=1S/C17H21F2NO3/c1-23-17(22)16(11-5-3-2-4-6-11)20-15(21)9-12-7-8-13(18)10-14(12)19/h7-8,10-11,16H,2-6,9H2,1H3,(H,20,21)/t16-/m0/s1. The molecule has 0 saturated heterocycles. The number of methoxy groups -OCH3 is 1. The van der Waals surface area contributed by atoms with Gasteiger partial charge in [-0.1, -0.05) is 25.3 Å². The Hall–Kier alpha value is -1.98. The minimum absolute atomic E-state index is 0.0400. The highest BCUT2D eigenvalue weighted by Crippen LogP contribution is 2.27. The minimum atomic E-state index is -0.771. The van der Waals surface area contributed by atoms with Gasteiger partial charge in [-0.25, -0.2) is 13.6 Å². The highest BCUT2D eigenvalue weighted by Gasteiger charge is 2.31. The number of nitrogens with one attached hydrogen (secondary N) is 1. The van der Waals surface area contributed by atoms with Crippen molar-refractivity contribution in [2.24, 2.45) is 5.92 Å². The number of hydrogen-bond acceptors (Lipinski definition) is 3. The molecular weight excluding hydrogens is 304 g/mol. The number of rotatable bonds is 5. The van der Waals surface area contributed by atoms with Gasteiger partial charge in [0.25, 0.3) is 0 Å². The molecule has 23 heavy (non-hydrogen) atoms. The molecule has 1 aromatic carbocycles. The zero-order chi connectivity index (χ0) is 16.8. The van der Waals surface area contributed by atoms with E-state index in [1.807, 2.05) is 0 Å². The van der Waals surface area contributed by atoms with E-state index in [-0.39, 0.29) is 17.9 Å². The quantitative estimate of drug-likeness (QED) is 0.847. The molecule has 6 heteroatoms. The third-order valence-electron chi connectivity index (χ3n) is 4.26. The van der Waals surface area contributed by atoms with Gasteiger partial charge in [-0.2, -0.15) is 0 Å². The monoisotopic (exact) mass is 325 g/mol. The summed E-state index contributed by atoms with van der Waals surface area (Å²) in [4.78, 5) is 24.1.